The first-order chi connectivity index (χ1) is 11.6. The largest absolute Gasteiger partial charge is 0.352 e. The van der Waals surface area contributed by atoms with Crippen LogP contribution in [0.4, 0.5) is 5.69 Å². The summed E-state index contributed by atoms with van der Waals surface area (Å²) in [5.41, 5.74) is 4.32. The van der Waals surface area contributed by atoms with Crippen molar-refractivity contribution in [1.29, 1.82) is 0 Å². The second-order valence-corrected chi connectivity index (χ2v) is 5.65. The van der Waals surface area contributed by atoms with Gasteiger partial charge in [-0.15, -0.1) is 0 Å². The van der Waals surface area contributed by atoms with Gasteiger partial charge in [-0.2, -0.15) is 0 Å². The molecule has 2 aromatic carbocycles. The van der Waals surface area contributed by atoms with Crippen molar-refractivity contribution in [2.75, 3.05) is 12.4 Å². The summed E-state index contributed by atoms with van der Waals surface area (Å²) in [4.78, 5) is 15.4. The van der Waals surface area contributed by atoms with E-state index in [1.165, 1.54) is 18.1 Å². The molecule has 0 spiro atoms. The number of amides is 1. The fourth-order valence-electron chi connectivity index (χ4n) is 2.26. The molecule has 0 aliphatic carbocycles. The molecule has 1 amide bonds. The maximum absolute atomic E-state index is 11.1. The van der Waals surface area contributed by atoms with Gasteiger partial charge in [-0.3, -0.25) is 9.79 Å². The number of benzene rings is 2. The lowest BCUT2D eigenvalue weighted by molar-refractivity contribution is -0.114. The van der Waals surface area contributed by atoms with Crippen molar-refractivity contribution < 1.29 is 4.79 Å². The predicted octanol–water partition coefficient (Wildman–Crippen LogP) is 2.82. The van der Waals surface area contributed by atoms with Crippen molar-refractivity contribution in [3.05, 3.63) is 65.2 Å². The van der Waals surface area contributed by atoms with Gasteiger partial charge in [0.05, 0.1) is 0 Å². The number of hydrogen-bond donors (Lipinski definition) is 3. The quantitative estimate of drug-likeness (QED) is 0.585. The van der Waals surface area contributed by atoms with Crippen LogP contribution in [-0.4, -0.2) is 18.9 Å². The Labute approximate surface area is 143 Å². The number of hydrogen-bond acceptors (Lipinski definition) is 2. The minimum Gasteiger partial charge on any atom is -0.352 e. The molecule has 126 valence electrons. The molecule has 0 aromatic heterocycles. The molecule has 5 heteroatoms. The van der Waals surface area contributed by atoms with Crippen LogP contribution >= 0.6 is 0 Å². The second-order valence-electron chi connectivity index (χ2n) is 5.65. The summed E-state index contributed by atoms with van der Waals surface area (Å²) in [6.45, 7) is 4.92. The van der Waals surface area contributed by atoms with E-state index in [1.54, 1.807) is 7.05 Å². The third-order valence-electron chi connectivity index (χ3n) is 3.51. The molecule has 0 aliphatic heterocycles. The summed E-state index contributed by atoms with van der Waals surface area (Å²) in [5.74, 6) is 0.663. The van der Waals surface area contributed by atoms with Gasteiger partial charge in [0.25, 0.3) is 0 Å². The van der Waals surface area contributed by atoms with Crippen LogP contribution in [0.25, 0.3) is 0 Å². The Hall–Kier alpha value is -2.82. The number of aliphatic imine (C=N–C) groups is 1. The number of aryl methyl sites for hydroxylation is 1. The first kappa shape index (κ1) is 17.5. The van der Waals surface area contributed by atoms with Gasteiger partial charge in [0, 0.05) is 32.7 Å². The van der Waals surface area contributed by atoms with Crippen LogP contribution in [-0.2, 0) is 17.9 Å². The van der Waals surface area contributed by atoms with E-state index in [9.17, 15) is 4.79 Å². The zero-order valence-corrected chi connectivity index (χ0v) is 14.4. The summed E-state index contributed by atoms with van der Waals surface area (Å²) >= 11 is 0. The molecule has 3 N–H and O–H groups in total. The smallest absolute Gasteiger partial charge is 0.221 e. The van der Waals surface area contributed by atoms with E-state index in [0.717, 1.165) is 17.2 Å². The summed E-state index contributed by atoms with van der Waals surface area (Å²) in [7, 11) is 1.75. The van der Waals surface area contributed by atoms with Crippen LogP contribution in [0.2, 0.25) is 0 Å². The first-order valence-corrected chi connectivity index (χ1v) is 7.93. The van der Waals surface area contributed by atoms with Gasteiger partial charge in [0.15, 0.2) is 5.96 Å². The highest BCUT2D eigenvalue weighted by molar-refractivity contribution is 5.88. The summed E-state index contributed by atoms with van der Waals surface area (Å²) in [6, 6.07) is 16.1. The van der Waals surface area contributed by atoms with Crippen LogP contribution in [0.5, 0.6) is 0 Å². The zero-order chi connectivity index (χ0) is 17.4. The van der Waals surface area contributed by atoms with Crippen LogP contribution in [0.1, 0.15) is 23.6 Å². The highest BCUT2D eigenvalue weighted by Gasteiger charge is 2.01. The van der Waals surface area contributed by atoms with Gasteiger partial charge >= 0.3 is 0 Å². The molecular weight excluding hydrogens is 300 g/mol. The minimum atomic E-state index is -0.0734. The second kappa shape index (κ2) is 8.72. The van der Waals surface area contributed by atoms with Crippen molar-refractivity contribution in [3.63, 3.8) is 0 Å². The average Bonchev–Trinajstić information content (AvgIpc) is 2.56. The lowest BCUT2D eigenvalue weighted by Gasteiger charge is -2.13. The fourth-order valence-corrected chi connectivity index (χ4v) is 2.26. The number of nitrogens with one attached hydrogen (secondary N) is 3. The number of nitrogens with zero attached hydrogens (tertiary/aromatic N) is 1. The molecule has 0 atom stereocenters. The molecule has 24 heavy (non-hydrogen) atoms. The normalized spacial score (nSPS) is 11.0. The Morgan fingerprint density at radius 1 is 1.00 bits per heavy atom. The average molecular weight is 324 g/mol. The van der Waals surface area contributed by atoms with E-state index in [2.05, 4.69) is 52.1 Å². The van der Waals surface area contributed by atoms with E-state index in [4.69, 9.17) is 0 Å². The fraction of sp³-hybridized carbons (Fsp3) is 0.263. The van der Waals surface area contributed by atoms with Gasteiger partial charge in [0.1, 0.15) is 0 Å². The molecule has 0 aliphatic rings. The van der Waals surface area contributed by atoms with Crippen molar-refractivity contribution in [2.24, 2.45) is 4.99 Å². The van der Waals surface area contributed by atoms with Crippen molar-refractivity contribution in [3.8, 4) is 0 Å². The molecule has 0 radical (unpaired) electrons. The van der Waals surface area contributed by atoms with E-state index in [0.29, 0.717) is 13.1 Å². The van der Waals surface area contributed by atoms with Crippen molar-refractivity contribution in [2.45, 2.75) is 26.9 Å². The monoisotopic (exact) mass is 324 g/mol. The number of guanidine groups is 1. The number of carbonyl (C=O) groups is 1. The van der Waals surface area contributed by atoms with E-state index in [-0.39, 0.29) is 5.91 Å². The highest BCUT2D eigenvalue weighted by atomic mass is 16.1. The molecule has 0 saturated heterocycles. The Morgan fingerprint density at radius 3 is 2.29 bits per heavy atom. The lowest BCUT2D eigenvalue weighted by atomic mass is 10.1. The Bertz CT molecular complexity index is 708. The van der Waals surface area contributed by atoms with Crippen LogP contribution < -0.4 is 16.0 Å². The number of anilines is 1. The molecule has 2 rings (SSSR count). The van der Waals surface area contributed by atoms with Gasteiger partial charge in [-0.25, -0.2) is 0 Å². The van der Waals surface area contributed by atoms with E-state index in [1.807, 2.05) is 24.3 Å². The van der Waals surface area contributed by atoms with E-state index >= 15 is 0 Å². The minimum absolute atomic E-state index is 0.0734. The van der Waals surface area contributed by atoms with Crippen LogP contribution in [0, 0.1) is 6.92 Å². The predicted molar refractivity (Wildman–Crippen MR) is 99.0 cm³/mol. The molecule has 0 fully saturated rings. The lowest BCUT2D eigenvalue weighted by Crippen LogP contribution is -2.36. The Balaban J connectivity index is 1.87. The van der Waals surface area contributed by atoms with Crippen molar-refractivity contribution >= 4 is 17.6 Å². The van der Waals surface area contributed by atoms with Gasteiger partial charge in [-0.1, -0.05) is 42.0 Å². The topological polar surface area (TPSA) is 65.5 Å². The summed E-state index contributed by atoms with van der Waals surface area (Å²) in [6.07, 6.45) is 0. The molecule has 0 bridgehead atoms. The molecule has 0 heterocycles. The molecule has 2 aromatic rings. The van der Waals surface area contributed by atoms with Crippen LogP contribution in [0.3, 0.4) is 0 Å². The Morgan fingerprint density at radius 2 is 1.67 bits per heavy atom. The Kier molecular flexibility index (Phi) is 6.37. The number of rotatable bonds is 5. The SMILES string of the molecule is CN=C(NCc1ccc(C)cc1)NCc1cccc(NC(C)=O)c1. The van der Waals surface area contributed by atoms with Gasteiger partial charge in [0.2, 0.25) is 5.91 Å². The zero-order valence-electron chi connectivity index (χ0n) is 14.4. The van der Waals surface area contributed by atoms with Gasteiger partial charge in [-0.05, 0) is 30.2 Å². The molecule has 0 unspecified atom stereocenters. The van der Waals surface area contributed by atoms with Crippen LogP contribution in [0.15, 0.2) is 53.5 Å². The third-order valence-corrected chi connectivity index (χ3v) is 3.51. The molecular formula is C19H24N4O. The standard InChI is InChI=1S/C19H24N4O/c1-14-7-9-16(10-8-14)12-21-19(20-3)22-13-17-5-4-6-18(11-17)23-15(2)24/h4-11H,12-13H2,1-3H3,(H,23,24)(H2,20,21,22). The third kappa shape index (κ3) is 5.76. The summed E-state index contributed by atoms with van der Waals surface area (Å²) in [5, 5.41) is 9.35. The van der Waals surface area contributed by atoms with E-state index < -0.39 is 0 Å². The highest BCUT2D eigenvalue weighted by Crippen LogP contribution is 2.10. The molecule has 5 nitrogen and oxygen atoms in total. The van der Waals surface area contributed by atoms with Gasteiger partial charge < -0.3 is 16.0 Å². The maximum atomic E-state index is 11.1. The molecule has 0 saturated carbocycles. The summed E-state index contributed by atoms with van der Waals surface area (Å²) < 4.78 is 0. The first-order valence-electron chi connectivity index (χ1n) is 7.93. The number of carbonyl (C=O) groups excluding carboxylic acids is 1. The maximum Gasteiger partial charge on any atom is 0.221 e. The van der Waals surface area contributed by atoms with Crippen molar-refractivity contribution in [1.82, 2.24) is 10.6 Å².